The molecule has 2 N–H and O–H groups in total. The second-order valence-corrected chi connectivity index (χ2v) is 7.40. The van der Waals surface area contributed by atoms with Gasteiger partial charge in [0, 0.05) is 51.7 Å². The fourth-order valence-electron chi connectivity index (χ4n) is 2.22. The molecule has 0 unspecified atom stereocenters. The van der Waals surface area contributed by atoms with Crippen molar-refractivity contribution in [1.29, 1.82) is 0 Å². The van der Waals surface area contributed by atoms with Crippen molar-refractivity contribution >= 4 is 16.0 Å². The SMILES string of the molecule is CCNC(=NCCCn1cccn1)NCCCN(CC)S(C)(=O)=O. The summed E-state index contributed by atoms with van der Waals surface area (Å²) in [7, 11) is -3.11. The Morgan fingerprint density at radius 3 is 2.67 bits per heavy atom. The van der Waals surface area contributed by atoms with Crippen LogP contribution in [0.1, 0.15) is 26.7 Å². The van der Waals surface area contributed by atoms with Crippen LogP contribution in [-0.4, -0.2) is 67.4 Å². The molecular formula is C15H30N6O2S. The first-order chi connectivity index (χ1) is 11.5. The van der Waals surface area contributed by atoms with Crippen LogP contribution in [-0.2, 0) is 16.6 Å². The van der Waals surface area contributed by atoms with Crippen molar-refractivity contribution < 1.29 is 8.42 Å². The summed E-state index contributed by atoms with van der Waals surface area (Å²) in [6.07, 6.45) is 6.60. The van der Waals surface area contributed by atoms with E-state index in [0.717, 1.165) is 31.9 Å². The van der Waals surface area contributed by atoms with E-state index in [0.29, 0.717) is 26.2 Å². The highest BCUT2D eigenvalue weighted by molar-refractivity contribution is 7.88. The second kappa shape index (κ2) is 11.0. The Balaban J connectivity index is 2.30. The number of sulfonamides is 1. The Labute approximate surface area is 145 Å². The van der Waals surface area contributed by atoms with Crippen LogP contribution in [0.4, 0.5) is 0 Å². The van der Waals surface area contributed by atoms with E-state index in [9.17, 15) is 8.42 Å². The number of aryl methyl sites for hydroxylation is 1. The zero-order chi connectivity index (χ0) is 17.8. The summed E-state index contributed by atoms with van der Waals surface area (Å²) < 4.78 is 26.4. The molecule has 0 radical (unpaired) electrons. The number of rotatable bonds is 11. The molecule has 0 fully saturated rings. The molecule has 0 saturated carbocycles. The van der Waals surface area contributed by atoms with E-state index in [-0.39, 0.29) is 0 Å². The van der Waals surface area contributed by atoms with Crippen LogP contribution >= 0.6 is 0 Å². The van der Waals surface area contributed by atoms with Gasteiger partial charge in [-0.2, -0.15) is 5.10 Å². The van der Waals surface area contributed by atoms with Gasteiger partial charge in [-0.15, -0.1) is 0 Å². The van der Waals surface area contributed by atoms with Crippen molar-refractivity contribution in [3.63, 3.8) is 0 Å². The largest absolute Gasteiger partial charge is 0.357 e. The number of guanidine groups is 1. The summed E-state index contributed by atoms with van der Waals surface area (Å²) in [6, 6.07) is 1.91. The number of aromatic nitrogens is 2. The third-order valence-electron chi connectivity index (χ3n) is 3.42. The van der Waals surface area contributed by atoms with Gasteiger partial charge in [0.25, 0.3) is 0 Å². The van der Waals surface area contributed by atoms with E-state index in [1.165, 1.54) is 10.6 Å². The Kier molecular flexibility index (Phi) is 9.39. The number of nitrogens with one attached hydrogen (secondary N) is 2. The molecule has 0 bridgehead atoms. The van der Waals surface area contributed by atoms with Gasteiger partial charge in [0.2, 0.25) is 10.0 Å². The van der Waals surface area contributed by atoms with Crippen LogP contribution in [0.5, 0.6) is 0 Å². The predicted octanol–water partition coefficient (Wildman–Crippen LogP) is 0.500. The molecule has 0 atom stereocenters. The van der Waals surface area contributed by atoms with Gasteiger partial charge < -0.3 is 10.6 Å². The van der Waals surface area contributed by atoms with Crippen LogP contribution in [0.3, 0.4) is 0 Å². The molecule has 8 nitrogen and oxygen atoms in total. The van der Waals surface area contributed by atoms with Gasteiger partial charge in [-0.25, -0.2) is 12.7 Å². The summed E-state index contributed by atoms with van der Waals surface area (Å²) >= 11 is 0. The van der Waals surface area contributed by atoms with Crippen LogP contribution < -0.4 is 10.6 Å². The van der Waals surface area contributed by atoms with Gasteiger partial charge in [-0.1, -0.05) is 6.92 Å². The van der Waals surface area contributed by atoms with E-state index in [2.05, 4.69) is 20.7 Å². The zero-order valence-corrected chi connectivity index (χ0v) is 15.7. The molecule has 1 rings (SSSR count). The Bertz CT molecular complexity index is 571. The molecule has 24 heavy (non-hydrogen) atoms. The fraction of sp³-hybridized carbons (Fsp3) is 0.733. The molecule has 0 aliphatic heterocycles. The highest BCUT2D eigenvalue weighted by Crippen LogP contribution is 1.98. The molecule has 9 heteroatoms. The average molecular weight is 359 g/mol. The van der Waals surface area contributed by atoms with Crippen LogP contribution in [0.15, 0.2) is 23.5 Å². The van der Waals surface area contributed by atoms with E-state index in [1.807, 2.05) is 30.8 Å². The first kappa shape index (κ1) is 20.4. The standard InChI is InChI=1S/C15H30N6O2S/c1-4-16-15(17-9-6-12-20-13-8-11-19-20)18-10-7-14-21(5-2)24(3,22)23/h8,11,13H,4-7,9-10,12,14H2,1-3H3,(H2,16,17,18). The van der Waals surface area contributed by atoms with Crippen molar-refractivity contribution in [2.24, 2.45) is 4.99 Å². The normalized spacial score (nSPS) is 12.6. The quantitative estimate of drug-likeness (QED) is 0.341. The number of hydrogen-bond acceptors (Lipinski definition) is 4. The minimum atomic E-state index is -3.11. The summed E-state index contributed by atoms with van der Waals surface area (Å²) in [4.78, 5) is 4.52. The van der Waals surface area contributed by atoms with Gasteiger partial charge in [-0.05, 0) is 25.8 Å². The summed E-state index contributed by atoms with van der Waals surface area (Å²) in [5, 5.41) is 10.6. The zero-order valence-electron chi connectivity index (χ0n) is 14.9. The van der Waals surface area contributed by atoms with E-state index in [1.54, 1.807) is 6.20 Å². The van der Waals surface area contributed by atoms with Crippen LogP contribution in [0, 0.1) is 0 Å². The monoisotopic (exact) mass is 358 g/mol. The maximum Gasteiger partial charge on any atom is 0.211 e. The third-order valence-corrected chi connectivity index (χ3v) is 4.80. The molecule has 138 valence electrons. The van der Waals surface area contributed by atoms with Crippen molar-refractivity contribution in [2.45, 2.75) is 33.2 Å². The van der Waals surface area contributed by atoms with Crippen LogP contribution in [0.2, 0.25) is 0 Å². The Morgan fingerprint density at radius 1 is 1.29 bits per heavy atom. The maximum absolute atomic E-state index is 11.5. The first-order valence-corrected chi connectivity index (χ1v) is 10.3. The highest BCUT2D eigenvalue weighted by atomic mass is 32.2. The minimum absolute atomic E-state index is 0.500. The lowest BCUT2D eigenvalue weighted by atomic mass is 10.4. The molecular weight excluding hydrogens is 328 g/mol. The highest BCUT2D eigenvalue weighted by Gasteiger charge is 2.13. The lowest BCUT2D eigenvalue weighted by Gasteiger charge is -2.18. The second-order valence-electron chi connectivity index (χ2n) is 5.42. The number of hydrogen-bond donors (Lipinski definition) is 2. The van der Waals surface area contributed by atoms with Crippen molar-refractivity contribution in [2.75, 3.05) is 39.0 Å². The van der Waals surface area contributed by atoms with Crippen LogP contribution in [0.25, 0.3) is 0 Å². The van der Waals surface area contributed by atoms with Gasteiger partial charge in [0.05, 0.1) is 6.26 Å². The smallest absolute Gasteiger partial charge is 0.211 e. The van der Waals surface area contributed by atoms with Gasteiger partial charge in [-0.3, -0.25) is 9.67 Å². The average Bonchev–Trinajstić information content (AvgIpc) is 3.03. The predicted molar refractivity (Wildman–Crippen MR) is 97.5 cm³/mol. The molecule has 0 spiro atoms. The van der Waals surface area contributed by atoms with E-state index < -0.39 is 10.0 Å². The lowest BCUT2D eigenvalue weighted by molar-refractivity contribution is 0.424. The summed E-state index contributed by atoms with van der Waals surface area (Å²) in [5.41, 5.74) is 0. The summed E-state index contributed by atoms with van der Waals surface area (Å²) in [6.45, 7) is 7.90. The number of nitrogens with zero attached hydrogens (tertiary/aromatic N) is 4. The maximum atomic E-state index is 11.5. The minimum Gasteiger partial charge on any atom is -0.357 e. The first-order valence-electron chi connectivity index (χ1n) is 8.42. The van der Waals surface area contributed by atoms with Gasteiger partial charge in [0.1, 0.15) is 0 Å². The molecule has 0 amide bonds. The molecule has 0 aromatic carbocycles. The summed E-state index contributed by atoms with van der Waals surface area (Å²) in [5.74, 6) is 0.764. The Morgan fingerprint density at radius 2 is 2.08 bits per heavy atom. The van der Waals surface area contributed by atoms with Crippen molar-refractivity contribution in [1.82, 2.24) is 24.7 Å². The van der Waals surface area contributed by atoms with Crippen molar-refractivity contribution in [3.05, 3.63) is 18.5 Å². The van der Waals surface area contributed by atoms with E-state index >= 15 is 0 Å². The third kappa shape index (κ3) is 8.30. The molecule has 0 aliphatic rings. The molecule has 0 aliphatic carbocycles. The lowest BCUT2D eigenvalue weighted by Crippen LogP contribution is -2.39. The van der Waals surface area contributed by atoms with Gasteiger partial charge in [0.15, 0.2) is 5.96 Å². The van der Waals surface area contributed by atoms with Gasteiger partial charge >= 0.3 is 0 Å². The molecule has 1 heterocycles. The van der Waals surface area contributed by atoms with E-state index in [4.69, 9.17) is 0 Å². The van der Waals surface area contributed by atoms with Crippen molar-refractivity contribution in [3.8, 4) is 0 Å². The molecule has 1 aromatic rings. The Hall–Kier alpha value is -1.61. The fourth-order valence-corrected chi connectivity index (χ4v) is 3.15. The topological polar surface area (TPSA) is 91.6 Å². The molecule has 1 aromatic heterocycles. The molecule has 0 saturated heterocycles. The number of aliphatic imine (C=N–C) groups is 1.